The summed E-state index contributed by atoms with van der Waals surface area (Å²) < 4.78 is -0.818. The first kappa shape index (κ1) is 24.3. The predicted octanol–water partition coefficient (Wildman–Crippen LogP) is 2.75. The topological polar surface area (TPSA) is 98.2 Å². The maximum Gasteiger partial charge on any atom is 0.308 e. The van der Waals surface area contributed by atoms with Gasteiger partial charge in [-0.15, -0.1) is 18.3 Å². The lowest BCUT2D eigenvalue weighted by Gasteiger charge is -2.38. The van der Waals surface area contributed by atoms with Crippen molar-refractivity contribution in [1.82, 2.24) is 4.90 Å². The van der Waals surface area contributed by atoms with E-state index in [-0.39, 0.29) is 41.6 Å². The van der Waals surface area contributed by atoms with Crippen LogP contribution in [0.4, 0.5) is 5.69 Å². The number of halogens is 1. The summed E-state index contributed by atoms with van der Waals surface area (Å²) in [5.74, 6) is -3.11. The van der Waals surface area contributed by atoms with Gasteiger partial charge in [0, 0.05) is 35.5 Å². The molecule has 3 saturated heterocycles. The second-order valence-corrected chi connectivity index (χ2v) is 11.8. The van der Waals surface area contributed by atoms with Gasteiger partial charge in [0.15, 0.2) is 0 Å². The summed E-state index contributed by atoms with van der Waals surface area (Å²) in [5.41, 5.74) is 2.67. The number of likely N-dealkylation sites (tertiary alicyclic amines) is 1. The van der Waals surface area contributed by atoms with Crippen LogP contribution in [-0.4, -0.2) is 73.5 Å². The monoisotopic (exact) mass is 536 g/mol. The van der Waals surface area contributed by atoms with Crippen LogP contribution in [-0.2, 0) is 14.4 Å². The van der Waals surface area contributed by atoms with Crippen LogP contribution >= 0.6 is 27.7 Å². The van der Waals surface area contributed by atoms with Gasteiger partial charge in [0.25, 0.3) is 5.91 Å². The minimum Gasteiger partial charge on any atom is -0.481 e. The molecule has 0 aliphatic carbocycles. The number of nitrogens with zero attached hydrogens (tertiary/aromatic N) is 2. The van der Waals surface area contributed by atoms with Crippen molar-refractivity contribution < 1.29 is 24.6 Å². The molecule has 0 radical (unpaired) electrons. The number of carbonyl (C=O) groups excluding carboxylic acids is 2. The number of carboxylic acids is 1. The third-order valence-corrected chi connectivity index (χ3v) is 10.4. The van der Waals surface area contributed by atoms with E-state index in [9.17, 15) is 24.6 Å². The van der Waals surface area contributed by atoms with Gasteiger partial charge in [0.05, 0.1) is 16.6 Å². The van der Waals surface area contributed by atoms with Gasteiger partial charge >= 0.3 is 5.97 Å². The molecule has 3 aliphatic rings. The van der Waals surface area contributed by atoms with Gasteiger partial charge in [-0.05, 0) is 37.8 Å². The minimum absolute atomic E-state index is 0.0891. The molecule has 6 atom stereocenters. The molecule has 1 spiro atoms. The first-order valence-corrected chi connectivity index (χ1v) is 12.9. The highest BCUT2D eigenvalue weighted by Crippen LogP contribution is 2.67. The molecule has 3 fully saturated rings. The van der Waals surface area contributed by atoms with E-state index in [1.165, 1.54) is 16.7 Å². The van der Waals surface area contributed by atoms with Crippen LogP contribution in [0.15, 0.2) is 30.9 Å². The highest BCUT2D eigenvalue weighted by Gasteiger charge is 2.76. The molecular weight excluding hydrogens is 508 g/mol. The molecule has 3 unspecified atom stereocenters. The van der Waals surface area contributed by atoms with Gasteiger partial charge in [-0.1, -0.05) is 40.2 Å². The van der Waals surface area contributed by atoms with Crippen molar-refractivity contribution >= 4 is 51.2 Å². The molecule has 33 heavy (non-hydrogen) atoms. The Morgan fingerprint density at radius 1 is 1.36 bits per heavy atom. The fourth-order valence-corrected chi connectivity index (χ4v) is 9.57. The number of benzene rings is 1. The lowest BCUT2D eigenvalue weighted by molar-refractivity contribution is -0.148. The van der Waals surface area contributed by atoms with Crippen molar-refractivity contribution in [3.63, 3.8) is 0 Å². The Balaban J connectivity index is 1.83. The Morgan fingerprint density at radius 2 is 2.03 bits per heavy atom. The van der Waals surface area contributed by atoms with E-state index in [1.807, 2.05) is 32.0 Å². The molecule has 1 aromatic rings. The zero-order valence-corrected chi connectivity index (χ0v) is 21.1. The number of carboxylic acid groups (broad SMARTS) is 1. The molecule has 7 nitrogen and oxygen atoms in total. The Kier molecular flexibility index (Phi) is 6.68. The molecule has 0 aromatic heterocycles. The Labute approximate surface area is 206 Å². The normalized spacial score (nSPS) is 32.2. The van der Waals surface area contributed by atoms with Crippen molar-refractivity contribution in [3.8, 4) is 0 Å². The Hall–Kier alpha value is -1.84. The van der Waals surface area contributed by atoms with Crippen molar-refractivity contribution in [2.24, 2.45) is 11.8 Å². The summed E-state index contributed by atoms with van der Waals surface area (Å²) in [4.78, 5) is 43.3. The molecule has 0 saturated carbocycles. The zero-order chi connectivity index (χ0) is 24.1. The Morgan fingerprint density at radius 3 is 2.61 bits per heavy atom. The summed E-state index contributed by atoms with van der Waals surface area (Å²) in [6.45, 7) is 8.10. The molecule has 2 amide bonds. The lowest BCUT2D eigenvalue weighted by atomic mass is 9.71. The number of carbonyl (C=O) groups is 3. The number of rotatable bonds is 8. The van der Waals surface area contributed by atoms with E-state index in [1.54, 1.807) is 11.0 Å². The van der Waals surface area contributed by atoms with Gasteiger partial charge in [0.1, 0.15) is 6.04 Å². The van der Waals surface area contributed by atoms with Crippen LogP contribution in [0.1, 0.15) is 24.0 Å². The van der Waals surface area contributed by atoms with E-state index < -0.39 is 28.6 Å². The quantitative estimate of drug-likeness (QED) is 0.391. The van der Waals surface area contributed by atoms with Gasteiger partial charge < -0.3 is 20.0 Å². The number of hydrogen-bond acceptors (Lipinski definition) is 5. The molecule has 178 valence electrons. The minimum atomic E-state index is -0.996. The third-order valence-electron chi connectivity index (χ3n) is 7.15. The van der Waals surface area contributed by atoms with Gasteiger partial charge in [-0.3, -0.25) is 14.4 Å². The second-order valence-electron chi connectivity index (χ2n) is 9.09. The van der Waals surface area contributed by atoms with E-state index in [2.05, 4.69) is 22.5 Å². The molecule has 3 aliphatic heterocycles. The van der Waals surface area contributed by atoms with Crippen molar-refractivity contribution in [1.29, 1.82) is 0 Å². The molecule has 3 heterocycles. The number of aliphatic hydroxyl groups excluding tert-OH is 1. The number of hydrogen-bond donors (Lipinski definition) is 2. The maximum absolute atomic E-state index is 14.3. The number of thioether (sulfide) groups is 1. The summed E-state index contributed by atoms with van der Waals surface area (Å²) in [6, 6.07) is 5.02. The summed E-state index contributed by atoms with van der Waals surface area (Å²) in [5, 5.41) is 19.2. The van der Waals surface area contributed by atoms with E-state index in [0.717, 1.165) is 16.8 Å². The van der Waals surface area contributed by atoms with Gasteiger partial charge in [-0.25, -0.2) is 0 Å². The van der Waals surface area contributed by atoms with Crippen LogP contribution in [0.3, 0.4) is 0 Å². The number of anilines is 1. The summed E-state index contributed by atoms with van der Waals surface area (Å²) in [6.07, 6.45) is 2.54. The fourth-order valence-electron chi connectivity index (χ4n) is 5.97. The zero-order valence-electron chi connectivity index (χ0n) is 18.7. The van der Waals surface area contributed by atoms with E-state index >= 15 is 0 Å². The Bertz CT molecular complexity index is 983. The van der Waals surface area contributed by atoms with Crippen LogP contribution in [0, 0.1) is 25.7 Å². The van der Waals surface area contributed by atoms with Crippen LogP contribution in [0.5, 0.6) is 0 Å². The van der Waals surface area contributed by atoms with Crippen molar-refractivity contribution in [3.05, 3.63) is 42.0 Å². The van der Waals surface area contributed by atoms with Gasteiger partial charge in [0.2, 0.25) is 5.91 Å². The number of fused-ring (bicyclic) bond motifs is 1. The first-order valence-electron chi connectivity index (χ1n) is 11.1. The number of aryl methyl sites for hydroxylation is 2. The highest BCUT2D eigenvalue weighted by molar-refractivity contribution is 9.09. The molecule has 1 aromatic carbocycles. The maximum atomic E-state index is 14.3. The SMILES string of the molecule is C=CCN(C(=O)C1N(CCCO)C(=O)[C@@H]2[C@H](C(=O)O)[C@H]3SC12CC3Br)c1c(C)cccc1C. The van der Waals surface area contributed by atoms with Gasteiger partial charge in [-0.2, -0.15) is 0 Å². The summed E-state index contributed by atoms with van der Waals surface area (Å²) in [7, 11) is 0. The molecule has 2 N–H and O–H groups in total. The molecular formula is C24H29BrN2O5S. The standard InChI is InChI=1S/C24H29BrN2O5S/c1-4-9-26(18-13(2)7-5-8-14(18)3)22(30)20-24-12-15(25)19(33-24)16(23(31)32)17(24)21(29)27(20)10-6-11-28/h4-5,7-8,15-17,19-20,28H,1,6,9-12H2,2-3H3,(H,31,32)/t15?,16-,17-,19-,20?,24?/m0/s1. The van der Waals surface area contributed by atoms with E-state index in [4.69, 9.17) is 0 Å². The molecule has 4 rings (SSSR count). The number of para-hydroxylation sites is 1. The fraction of sp³-hybridized carbons (Fsp3) is 0.542. The number of aliphatic hydroxyl groups is 1. The predicted molar refractivity (Wildman–Crippen MR) is 132 cm³/mol. The van der Waals surface area contributed by atoms with Crippen LogP contribution < -0.4 is 4.90 Å². The third kappa shape index (κ3) is 3.63. The number of alkyl halides is 1. The second kappa shape index (κ2) is 9.07. The highest BCUT2D eigenvalue weighted by atomic mass is 79.9. The average Bonchev–Trinajstić information content (AvgIpc) is 3.34. The number of amides is 2. The number of aliphatic carboxylic acids is 1. The van der Waals surface area contributed by atoms with Crippen LogP contribution in [0.25, 0.3) is 0 Å². The molecule has 9 heteroatoms. The lowest BCUT2D eigenvalue weighted by Crippen LogP contribution is -2.56. The van der Waals surface area contributed by atoms with Crippen LogP contribution in [0.2, 0.25) is 0 Å². The summed E-state index contributed by atoms with van der Waals surface area (Å²) >= 11 is 5.13. The largest absolute Gasteiger partial charge is 0.481 e. The van der Waals surface area contributed by atoms with Crippen molar-refractivity contribution in [2.45, 2.75) is 47.6 Å². The first-order chi connectivity index (χ1) is 15.7. The van der Waals surface area contributed by atoms with E-state index in [0.29, 0.717) is 12.8 Å². The molecule has 2 bridgehead atoms. The van der Waals surface area contributed by atoms with Crippen molar-refractivity contribution in [2.75, 3.05) is 24.6 Å². The smallest absolute Gasteiger partial charge is 0.308 e. The average molecular weight is 537 g/mol.